The highest BCUT2D eigenvalue weighted by Gasteiger charge is 2.55. The molecule has 0 aromatic carbocycles. The van der Waals surface area contributed by atoms with Gasteiger partial charge in [-0.1, -0.05) is 19.3 Å². The summed E-state index contributed by atoms with van der Waals surface area (Å²) >= 11 is 5.37. The second kappa shape index (κ2) is 7.53. The third-order valence-electron chi connectivity index (χ3n) is 6.46. The minimum Gasteiger partial charge on any atom is -0.468 e. The smallest absolute Gasteiger partial charge is 0.256 e. The van der Waals surface area contributed by atoms with E-state index >= 15 is 0 Å². The molecule has 2 aliphatic heterocycles. The number of nitrogens with zero attached hydrogens (tertiary/aromatic N) is 1. The summed E-state index contributed by atoms with van der Waals surface area (Å²) in [5.41, 5.74) is 0.0463. The molecular formula is C20H36N2O3S. The van der Waals surface area contributed by atoms with Gasteiger partial charge < -0.3 is 19.5 Å². The molecule has 26 heavy (non-hydrogen) atoms. The van der Waals surface area contributed by atoms with Crippen molar-refractivity contribution in [3.05, 3.63) is 0 Å². The molecule has 1 saturated carbocycles. The molecule has 1 N–H and O–H groups in total. The van der Waals surface area contributed by atoms with Crippen LogP contribution in [0.3, 0.4) is 0 Å². The second-order valence-corrected chi connectivity index (χ2v) is 9.95. The van der Waals surface area contributed by atoms with Crippen molar-refractivity contribution in [3.63, 3.8) is 0 Å². The number of ether oxygens (including phenoxy) is 3. The van der Waals surface area contributed by atoms with Gasteiger partial charge in [0.1, 0.15) is 12.7 Å². The van der Waals surface area contributed by atoms with Gasteiger partial charge in [0.25, 0.3) is 5.17 Å². The predicted octanol–water partition coefficient (Wildman–Crippen LogP) is 3.60. The first-order valence-corrected chi connectivity index (χ1v) is 10.5. The van der Waals surface area contributed by atoms with Gasteiger partial charge in [-0.25, -0.2) is 0 Å². The fourth-order valence-electron chi connectivity index (χ4n) is 4.95. The third-order valence-corrected chi connectivity index (χ3v) is 6.70. The van der Waals surface area contributed by atoms with Crippen molar-refractivity contribution < 1.29 is 14.2 Å². The van der Waals surface area contributed by atoms with E-state index in [1.54, 1.807) is 0 Å². The first-order valence-electron chi connectivity index (χ1n) is 10.1. The first-order chi connectivity index (χ1) is 12.1. The molecule has 3 rings (SSSR count). The highest BCUT2D eigenvalue weighted by molar-refractivity contribution is 7.80. The summed E-state index contributed by atoms with van der Waals surface area (Å²) in [6.07, 6.45) is 7.94. The molecule has 0 amide bonds. The van der Waals surface area contributed by atoms with Crippen molar-refractivity contribution in [2.24, 2.45) is 0 Å². The Labute approximate surface area is 164 Å². The van der Waals surface area contributed by atoms with Gasteiger partial charge in [0.15, 0.2) is 5.79 Å². The molecule has 2 saturated heterocycles. The number of thiocarbonyl (C=S) groups is 1. The molecule has 1 unspecified atom stereocenters. The number of nitrogens with one attached hydrogen (secondary N) is 1. The summed E-state index contributed by atoms with van der Waals surface area (Å²) in [5, 5.41) is 3.86. The highest BCUT2D eigenvalue weighted by Crippen LogP contribution is 2.47. The lowest BCUT2D eigenvalue weighted by atomic mass is 9.76. The molecule has 150 valence electrons. The van der Waals surface area contributed by atoms with Crippen LogP contribution in [0.5, 0.6) is 0 Å². The predicted molar refractivity (Wildman–Crippen MR) is 107 cm³/mol. The summed E-state index contributed by atoms with van der Waals surface area (Å²) in [6.45, 7) is 10.1. The van der Waals surface area contributed by atoms with Crippen molar-refractivity contribution in [1.29, 1.82) is 0 Å². The van der Waals surface area contributed by atoms with Crippen LogP contribution in [0.1, 0.15) is 72.6 Å². The van der Waals surface area contributed by atoms with Gasteiger partial charge >= 0.3 is 0 Å². The van der Waals surface area contributed by atoms with E-state index in [9.17, 15) is 0 Å². The van der Waals surface area contributed by atoms with Crippen LogP contribution in [0.15, 0.2) is 0 Å². The number of rotatable bonds is 3. The van der Waals surface area contributed by atoms with Gasteiger partial charge in [-0.3, -0.25) is 4.90 Å². The Bertz CT molecular complexity index is 499. The van der Waals surface area contributed by atoms with E-state index in [0.717, 1.165) is 12.8 Å². The van der Waals surface area contributed by atoms with E-state index in [-0.39, 0.29) is 17.2 Å². The maximum atomic E-state index is 6.39. The monoisotopic (exact) mass is 384 g/mol. The maximum absolute atomic E-state index is 6.39. The molecule has 1 spiro atoms. The van der Waals surface area contributed by atoms with Crippen molar-refractivity contribution in [3.8, 4) is 0 Å². The van der Waals surface area contributed by atoms with Crippen LogP contribution in [0.4, 0.5) is 0 Å². The normalized spacial score (nSPS) is 31.0. The lowest BCUT2D eigenvalue weighted by Gasteiger charge is -2.56. The van der Waals surface area contributed by atoms with E-state index in [1.165, 1.54) is 32.1 Å². The van der Waals surface area contributed by atoms with Crippen LogP contribution < -0.4 is 5.32 Å². The van der Waals surface area contributed by atoms with Crippen molar-refractivity contribution in [2.75, 3.05) is 20.3 Å². The molecule has 3 aliphatic rings. The van der Waals surface area contributed by atoms with Gasteiger partial charge in [-0.15, -0.1) is 0 Å². The SMILES string of the molecule is CN1C(C)(C)CC2(CC1(C)C)OCC(COC(=S)NC1CCCCC1)O2. The van der Waals surface area contributed by atoms with Crippen LogP contribution in [0, 0.1) is 0 Å². The van der Waals surface area contributed by atoms with Crippen LogP contribution in [0.25, 0.3) is 0 Å². The molecule has 0 aromatic rings. The topological polar surface area (TPSA) is 43.0 Å². The zero-order chi connectivity index (χ0) is 19.0. The summed E-state index contributed by atoms with van der Waals surface area (Å²) < 4.78 is 18.4. The molecule has 0 aromatic heterocycles. The molecule has 0 radical (unpaired) electrons. The number of likely N-dealkylation sites (tertiary alicyclic amines) is 1. The van der Waals surface area contributed by atoms with Gasteiger partial charge in [0, 0.05) is 30.0 Å². The standard InChI is InChI=1S/C20H36N2O3S/c1-18(2)13-20(14-19(3,4)22(18)5)24-12-16(25-20)11-23-17(26)21-15-9-7-6-8-10-15/h15-16H,6-14H2,1-5H3,(H,21,26). The Balaban J connectivity index is 1.49. The Morgan fingerprint density at radius 1 is 1.12 bits per heavy atom. The zero-order valence-corrected chi connectivity index (χ0v) is 17.9. The summed E-state index contributed by atoms with van der Waals surface area (Å²) in [4.78, 5) is 2.44. The molecule has 1 atom stereocenters. The van der Waals surface area contributed by atoms with E-state index in [4.69, 9.17) is 26.4 Å². The lowest BCUT2D eigenvalue weighted by Crippen LogP contribution is -2.64. The number of piperidine rings is 1. The average molecular weight is 385 g/mol. The second-order valence-electron chi connectivity index (χ2n) is 9.58. The molecule has 1 aliphatic carbocycles. The third kappa shape index (κ3) is 4.51. The molecule has 5 nitrogen and oxygen atoms in total. The summed E-state index contributed by atoms with van der Waals surface area (Å²) in [6, 6.07) is 0.471. The van der Waals surface area contributed by atoms with E-state index in [2.05, 4.69) is 45.0 Å². The van der Waals surface area contributed by atoms with E-state index in [0.29, 0.717) is 24.4 Å². The Morgan fingerprint density at radius 2 is 1.73 bits per heavy atom. The van der Waals surface area contributed by atoms with Crippen LogP contribution >= 0.6 is 12.2 Å². The van der Waals surface area contributed by atoms with Gasteiger partial charge in [0.05, 0.1) is 6.61 Å². The van der Waals surface area contributed by atoms with Crippen molar-refractivity contribution in [2.45, 2.75) is 102 Å². The molecule has 0 bridgehead atoms. The number of hydrogen-bond donors (Lipinski definition) is 1. The van der Waals surface area contributed by atoms with E-state index in [1.807, 2.05) is 0 Å². The highest BCUT2D eigenvalue weighted by atomic mass is 32.1. The summed E-state index contributed by atoms with van der Waals surface area (Å²) in [7, 11) is 2.19. The van der Waals surface area contributed by atoms with Crippen molar-refractivity contribution in [1.82, 2.24) is 10.2 Å². The fraction of sp³-hybridized carbons (Fsp3) is 0.950. The Morgan fingerprint density at radius 3 is 2.35 bits per heavy atom. The minimum absolute atomic E-state index is 0.0232. The number of hydrogen-bond acceptors (Lipinski definition) is 5. The van der Waals surface area contributed by atoms with Gasteiger partial charge in [0.2, 0.25) is 0 Å². The lowest BCUT2D eigenvalue weighted by molar-refractivity contribution is -0.243. The van der Waals surface area contributed by atoms with Crippen LogP contribution in [-0.2, 0) is 14.2 Å². The van der Waals surface area contributed by atoms with Crippen LogP contribution in [0.2, 0.25) is 0 Å². The van der Waals surface area contributed by atoms with Crippen LogP contribution in [-0.4, -0.2) is 59.3 Å². The molecule has 2 heterocycles. The van der Waals surface area contributed by atoms with E-state index < -0.39 is 5.79 Å². The zero-order valence-electron chi connectivity index (χ0n) is 17.1. The minimum atomic E-state index is -0.508. The largest absolute Gasteiger partial charge is 0.468 e. The Kier molecular flexibility index (Phi) is 5.88. The van der Waals surface area contributed by atoms with Gasteiger partial charge in [-0.05, 0) is 59.8 Å². The van der Waals surface area contributed by atoms with Crippen molar-refractivity contribution >= 4 is 17.4 Å². The summed E-state index contributed by atoms with van der Waals surface area (Å²) in [5.74, 6) is -0.508. The molecular weight excluding hydrogens is 348 g/mol. The average Bonchev–Trinajstić information content (AvgIpc) is 2.93. The Hall–Kier alpha value is -0.430. The van der Waals surface area contributed by atoms with Gasteiger partial charge in [-0.2, -0.15) is 0 Å². The first kappa shape index (κ1) is 20.3. The molecule has 3 fully saturated rings. The quantitative estimate of drug-likeness (QED) is 0.750. The molecule has 6 heteroatoms. The fourth-order valence-corrected chi connectivity index (χ4v) is 5.18. The maximum Gasteiger partial charge on any atom is 0.256 e.